The summed E-state index contributed by atoms with van der Waals surface area (Å²) in [5.41, 5.74) is 6.56. The Kier molecular flexibility index (Phi) is 2.59. The van der Waals surface area contributed by atoms with Crippen LogP contribution in [0, 0.1) is 5.41 Å². The lowest BCUT2D eigenvalue weighted by Gasteiger charge is -2.12. The number of para-hydroxylation sites is 1. The van der Waals surface area contributed by atoms with Gasteiger partial charge in [-0.1, -0.05) is 18.2 Å². The highest BCUT2D eigenvalue weighted by atomic mass is 16.3. The van der Waals surface area contributed by atoms with Crippen LogP contribution in [-0.2, 0) is 0 Å². The lowest BCUT2D eigenvalue weighted by molar-refractivity contribution is 0.0920. The van der Waals surface area contributed by atoms with Gasteiger partial charge in [0.2, 0.25) is 0 Å². The summed E-state index contributed by atoms with van der Waals surface area (Å²) in [7, 11) is 0. The minimum absolute atomic E-state index is 0.141. The van der Waals surface area contributed by atoms with E-state index in [9.17, 15) is 4.79 Å². The number of rotatable bonds is 4. The van der Waals surface area contributed by atoms with Crippen LogP contribution < -0.4 is 11.1 Å². The van der Waals surface area contributed by atoms with Crippen LogP contribution in [-0.4, -0.2) is 19.0 Å². The van der Waals surface area contributed by atoms with Crippen LogP contribution >= 0.6 is 0 Å². The molecule has 0 bridgehead atoms. The molecule has 1 amide bonds. The van der Waals surface area contributed by atoms with Gasteiger partial charge >= 0.3 is 0 Å². The van der Waals surface area contributed by atoms with E-state index in [0.29, 0.717) is 18.8 Å². The van der Waals surface area contributed by atoms with Crippen LogP contribution in [0.15, 0.2) is 34.7 Å². The molecule has 1 aromatic heterocycles. The first-order valence-corrected chi connectivity index (χ1v) is 6.19. The molecule has 0 spiro atoms. The monoisotopic (exact) mass is 244 g/mol. The third-order valence-corrected chi connectivity index (χ3v) is 3.66. The van der Waals surface area contributed by atoms with Gasteiger partial charge in [-0.05, 0) is 31.5 Å². The summed E-state index contributed by atoms with van der Waals surface area (Å²) in [5, 5.41) is 3.85. The Morgan fingerprint density at radius 1 is 1.39 bits per heavy atom. The molecule has 94 valence electrons. The molecule has 0 radical (unpaired) electrons. The molecule has 4 nitrogen and oxygen atoms in total. The fourth-order valence-corrected chi connectivity index (χ4v) is 2.08. The van der Waals surface area contributed by atoms with Crippen LogP contribution in [0.1, 0.15) is 23.4 Å². The summed E-state index contributed by atoms with van der Waals surface area (Å²) in [5.74, 6) is 0.204. The predicted molar refractivity (Wildman–Crippen MR) is 69.3 cm³/mol. The molecule has 0 saturated heterocycles. The summed E-state index contributed by atoms with van der Waals surface area (Å²) >= 11 is 0. The number of nitrogens with one attached hydrogen (secondary N) is 1. The van der Waals surface area contributed by atoms with Gasteiger partial charge in [0, 0.05) is 17.3 Å². The number of hydrogen-bond acceptors (Lipinski definition) is 3. The zero-order valence-corrected chi connectivity index (χ0v) is 10.1. The number of amides is 1. The summed E-state index contributed by atoms with van der Waals surface area (Å²) in [6, 6.07) is 9.37. The second-order valence-corrected chi connectivity index (χ2v) is 5.04. The number of benzene rings is 1. The molecule has 1 saturated carbocycles. The molecule has 4 heteroatoms. The highest BCUT2D eigenvalue weighted by molar-refractivity contribution is 5.96. The molecule has 3 N–H and O–H groups in total. The van der Waals surface area contributed by atoms with Gasteiger partial charge in [0.25, 0.3) is 5.91 Å². The summed E-state index contributed by atoms with van der Waals surface area (Å²) < 4.78 is 5.51. The Morgan fingerprint density at radius 2 is 2.17 bits per heavy atom. The van der Waals surface area contributed by atoms with Gasteiger partial charge < -0.3 is 15.5 Å². The summed E-state index contributed by atoms with van der Waals surface area (Å²) in [4.78, 5) is 12.0. The Labute approximate surface area is 105 Å². The van der Waals surface area contributed by atoms with E-state index in [1.807, 2.05) is 24.3 Å². The molecule has 2 aromatic rings. The molecule has 0 unspecified atom stereocenters. The minimum Gasteiger partial charge on any atom is -0.451 e. The molecule has 0 atom stereocenters. The molecule has 3 rings (SSSR count). The number of nitrogens with two attached hydrogens (primary N) is 1. The standard InChI is InChI=1S/C14H16N2O2/c15-8-14(5-6-14)9-16-13(17)12-7-10-3-1-2-4-11(10)18-12/h1-4,7H,5-6,8-9,15H2,(H,16,17). The number of carbonyl (C=O) groups is 1. The van der Waals surface area contributed by atoms with Crippen LogP contribution in [0.2, 0.25) is 0 Å². The van der Waals surface area contributed by atoms with Crippen molar-refractivity contribution in [3.05, 3.63) is 36.1 Å². The maximum atomic E-state index is 12.0. The Bertz CT molecular complexity index is 551. The van der Waals surface area contributed by atoms with Crippen LogP contribution in [0.3, 0.4) is 0 Å². The number of carbonyl (C=O) groups excluding carboxylic acids is 1. The Hall–Kier alpha value is -1.81. The van der Waals surface area contributed by atoms with Gasteiger partial charge in [-0.2, -0.15) is 0 Å². The zero-order valence-electron chi connectivity index (χ0n) is 10.1. The fourth-order valence-electron chi connectivity index (χ4n) is 2.08. The minimum atomic E-state index is -0.161. The van der Waals surface area contributed by atoms with Crippen molar-refractivity contribution in [2.24, 2.45) is 11.1 Å². The lowest BCUT2D eigenvalue weighted by Crippen LogP contribution is -2.33. The Morgan fingerprint density at radius 3 is 2.83 bits per heavy atom. The summed E-state index contributed by atoms with van der Waals surface area (Å²) in [6.07, 6.45) is 2.20. The quantitative estimate of drug-likeness (QED) is 0.863. The second-order valence-electron chi connectivity index (χ2n) is 5.04. The van der Waals surface area contributed by atoms with Crippen molar-refractivity contribution in [3.63, 3.8) is 0 Å². The molecule has 1 fully saturated rings. The van der Waals surface area contributed by atoms with Crippen molar-refractivity contribution < 1.29 is 9.21 Å². The highest BCUT2D eigenvalue weighted by Crippen LogP contribution is 2.43. The van der Waals surface area contributed by atoms with Crippen molar-refractivity contribution in [1.82, 2.24) is 5.32 Å². The molecule has 18 heavy (non-hydrogen) atoms. The first-order chi connectivity index (χ1) is 8.72. The van der Waals surface area contributed by atoms with Crippen LogP contribution in [0.5, 0.6) is 0 Å². The zero-order chi connectivity index (χ0) is 12.6. The van der Waals surface area contributed by atoms with Gasteiger partial charge in [0.1, 0.15) is 5.58 Å². The van der Waals surface area contributed by atoms with E-state index in [1.165, 1.54) is 0 Å². The van der Waals surface area contributed by atoms with Crippen molar-refractivity contribution >= 4 is 16.9 Å². The van der Waals surface area contributed by atoms with Crippen LogP contribution in [0.4, 0.5) is 0 Å². The first kappa shape index (κ1) is 11.3. The second kappa shape index (κ2) is 4.14. The van der Waals surface area contributed by atoms with E-state index in [4.69, 9.17) is 10.2 Å². The largest absolute Gasteiger partial charge is 0.451 e. The van der Waals surface area contributed by atoms with E-state index in [-0.39, 0.29) is 11.3 Å². The maximum Gasteiger partial charge on any atom is 0.287 e. The normalized spacial score (nSPS) is 16.7. The third kappa shape index (κ3) is 1.99. The number of fused-ring (bicyclic) bond motifs is 1. The van der Waals surface area contributed by atoms with Gasteiger partial charge in [-0.25, -0.2) is 0 Å². The average Bonchev–Trinajstić information content (AvgIpc) is 3.05. The van der Waals surface area contributed by atoms with Gasteiger partial charge in [-0.15, -0.1) is 0 Å². The van der Waals surface area contributed by atoms with E-state index in [0.717, 1.165) is 23.8 Å². The van der Waals surface area contributed by atoms with Crippen molar-refractivity contribution in [3.8, 4) is 0 Å². The fraction of sp³-hybridized carbons (Fsp3) is 0.357. The van der Waals surface area contributed by atoms with E-state index >= 15 is 0 Å². The van der Waals surface area contributed by atoms with Crippen molar-refractivity contribution in [2.75, 3.05) is 13.1 Å². The molecule has 1 aliphatic carbocycles. The van der Waals surface area contributed by atoms with Gasteiger partial charge in [0.05, 0.1) is 0 Å². The molecular weight excluding hydrogens is 228 g/mol. The molecule has 0 aliphatic heterocycles. The number of furan rings is 1. The highest BCUT2D eigenvalue weighted by Gasteiger charge is 2.41. The van der Waals surface area contributed by atoms with Crippen LogP contribution in [0.25, 0.3) is 11.0 Å². The van der Waals surface area contributed by atoms with Crippen molar-refractivity contribution in [1.29, 1.82) is 0 Å². The smallest absolute Gasteiger partial charge is 0.287 e. The predicted octanol–water partition coefficient (Wildman–Crippen LogP) is 1.90. The SMILES string of the molecule is NCC1(CNC(=O)c2cc3ccccc3o2)CC1. The maximum absolute atomic E-state index is 12.0. The van der Waals surface area contributed by atoms with Gasteiger partial charge in [0.15, 0.2) is 5.76 Å². The average molecular weight is 244 g/mol. The van der Waals surface area contributed by atoms with Crippen molar-refractivity contribution in [2.45, 2.75) is 12.8 Å². The molecule has 1 heterocycles. The Balaban J connectivity index is 1.72. The third-order valence-electron chi connectivity index (χ3n) is 3.66. The summed E-state index contributed by atoms with van der Waals surface area (Å²) in [6.45, 7) is 1.27. The molecule has 1 aromatic carbocycles. The van der Waals surface area contributed by atoms with Gasteiger partial charge in [-0.3, -0.25) is 4.79 Å². The first-order valence-electron chi connectivity index (χ1n) is 6.19. The molecule has 1 aliphatic rings. The van der Waals surface area contributed by atoms with E-state index < -0.39 is 0 Å². The topological polar surface area (TPSA) is 68.3 Å². The number of hydrogen-bond donors (Lipinski definition) is 2. The lowest BCUT2D eigenvalue weighted by atomic mass is 10.1. The van der Waals surface area contributed by atoms with E-state index in [1.54, 1.807) is 6.07 Å². The van der Waals surface area contributed by atoms with E-state index in [2.05, 4.69) is 5.32 Å². The molecular formula is C14H16N2O2.